The first kappa shape index (κ1) is 24.4. The lowest BCUT2D eigenvalue weighted by molar-refractivity contribution is -0.116. The van der Waals surface area contributed by atoms with Crippen molar-refractivity contribution < 1.29 is 19.4 Å². The van der Waals surface area contributed by atoms with Gasteiger partial charge in [-0.25, -0.2) is 0 Å². The van der Waals surface area contributed by atoms with Crippen LogP contribution in [0.1, 0.15) is 30.0 Å². The Morgan fingerprint density at radius 2 is 1.83 bits per heavy atom. The number of phenolic OH excluding ortho intramolecular Hbond substituents is 1. The van der Waals surface area contributed by atoms with Gasteiger partial charge < -0.3 is 29.8 Å². The lowest BCUT2D eigenvalue weighted by atomic mass is 9.93. The molecule has 0 radical (unpaired) electrons. The number of ether oxygens (including phenoxy) is 2. The number of H-pyrrole nitrogens is 1. The zero-order valence-electron chi connectivity index (χ0n) is 20.3. The quantitative estimate of drug-likeness (QED) is 0.314. The van der Waals surface area contributed by atoms with Crippen LogP contribution in [0.2, 0.25) is 0 Å². The minimum Gasteiger partial charge on any atom is -0.502 e. The summed E-state index contributed by atoms with van der Waals surface area (Å²) in [5.74, 6) is 1.07. The summed E-state index contributed by atoms with van der Waals surface area (Å²) < 4.78 is 10.3. The minimum atomic E-state index is -0.122. The Hall–Kier alpha value is -3.71. The van der Waals surface area contributed by atoms with Gasteiger partial charge in [-0.2, -0.15) is 0 Å². The molecule has 0 unspecified atom stereocenters. The maximum absolute atomic E-state index is 12.1. The molecular weight excluding hydrogens is 442 g/mol. The fourth-order valence-corrected chi connectivity index (χ4v) is 4.50. The summed E-state index contributed by atoms with van der Waals surface area (Å²) in [7, 11) is 2.97. The number of methoxy groups -OCH3 is 2. The van der Waals surface area contributed by atoms with Crippen LogP contribution >= 0.6 is 0 Å². The van der Waals surface area contributed by atoms with Gasteiger partial charge in [-0.05, 0) is 61.1 Å². The summed E-state index contributed by atoms with van der Waals surface area (Å²) in [6.07, 6.45) is 9.02. The van der Waals surface area contributed by atoms with Gasteiger partial charge in [0.05, 0.1) is 14.2 Å². The highest BCUT2D eigenvalue weighted by Crippen LogP contribution is 2.37. The number of hydrogen-bond acceptors (Lipinski definition) is 5. The van der Waals surface area contributed by atoms with E-state index in [-0.39, 0.29) is 11.7 Å². The Bertz CT molecular complexity index is 1150. The number of hydrogen-bond donors (Lipinski definition) is 3. The molecule has 4 rings (SSSR count). The van der Waals surface area contributed by atoms with Crippen LogP contribution < -0.4 is 14.8 Å². The predicted molar refractivity (Wildman–Crippen MR) is 139 cm³/mol. The Labute approximate surface area is 206 Å². The Balaban J connectivity index is 1.18. The third-order valence-electron chi connectivity index (χ3n) is 6.45. The van der Waals surface area contributed by atoms with Crippen LogP contribution in [0.15, 0.2) is 60.7 Å². The molecule has 1 fully saturated rings. The Morgan fingerprint density at radius 1 is 1.11 bits per heavy atom. The van der Waals surface area contributed by atoms with Gasteiger partial charge in [-0.15, -0.1) is 0 Å². The number of allylic oxidation sites excluding steroid dienone is 2. The number of carbonyl (C=O) groups excluding carboxylic acids is 1. The number of para-hydroxylation sites is 1. The number of nitrogens with zero attached hydrogens (tertiary/aromatic N) is 1. The van der Waals surface area contributed by atoms with Crippen molar-refractivity contribution in [3.63, 3.8) is 0 Å². The SMILES string of the molecule is COc1cc(/C=C/C=C/C(=O)NCCN2CCC(c3cc4ccccc4[nH]3)CC2)cc(OC)c1O. The highest BCUT2D eigenvalue weighted by molar-refractivity contribution is 5.87. The number of carbonyl (C=O) groups is 1. The topological polar surface area (TPSA) is 86.8 Å². The largest absolute Gasteiger partial charge is 0.502 e. The Kier molecular flexibility index (Phi) is 8.11. The van der Waals surface area contributed by atoms with Crippen LogP contribution in [0.3, 0.4) is 0 Å². The summed E-state index contributed by atoms with van der Waals surface area (Å²) >= 11 is 0. The number of aromatic amines is 1. The average Bonchev–Trinajstić information content (AvgIpc) is 3.32. The summed E-state index contributed by atoms with van der Waals surface area (Å²) in [5.41, 5.74) is 3.33. The second-order valence-electron chi connectivity index (χ2n) is 8.71. The molecule has 0 bridgehead atoms. The van der Waals surface area contributed by atoms with Crippen LogP contribution in [0.4, 0.5) is 0 Å². The molecule has 1 aliphatic rings. The first-order valence-electron chi connectivity index (χ1n) is 11.9. The molecule has 0 atom stereocenters. The zero-order valence-corrected chi connectivity index (χ0v) is 20.3. The number of aromatic nitrogens is 1. The van der Waals surface area contributed by atoms with Crippen molar-refractivity contribution in [2.45, 2.75) is 18.8 Å². The van der Waals surface area contributed by atoms with Crippen molar-refractivity contribution >= 4 is 22.9 Å². The molecule has 0 aliphatic carbocycles. The van der Waals surface area contributed by atoms with Crippen molar-refractivity contribution in [2.75, 3.05) is 40.4 Å². The highest BCUT2D eigenvalue weighted by atomic mass is 16.5. The molecule has 7 nitrogen and oxygen atoms in total. The highest BCUT2D eigenvalue weighted by Gasteiger charge is 2.21. The zero-order chi connectivity index (χ0) is 24.6. The number of piperidine rings is 1. The molecule has 1 saturated heterocycles. The lowest BCUT2D eigenvalue weighted by Crippen LogP contribution is -2.38. The number of nitrogens with one attached hydrogen (secondary N) is 2. The van der Waals surface area contributed by atoms with E-state index in [4.69, 9.17) is 9.47 Å². The lowest BCUT2D eigenvalue weighted by Gasteiger charge is -2.31. The van der Waals surface area contributed by atoms with Gasteiger partial charge in [0.15, 0.2) is 11.5 Å². The van der Waals surface area contributed by atoms with Crippen LogP contribution in [-0.2, 0) is 4.79 Å². The summed E-state index contributed by atoms with van der Waals surface area (Å²) in [5, 5.41) is 14.2. The fraction of sp³-hybridized carbons (Fsp3) is 0.321. The van der Waals surface area contributed by atoms with Gasteiger partial charge >= 0.3 is 0 Å². The van der Waals surface area contributed by atoms with Gasteiger partial charge in [0.2, 0.25) is 11.7 Å². The third kappa shape index (κ3) is 6.25. The van der Waals surface area contributed by atoms with Crippen molar-refractivity contribution in [1.82, 2.24) is 15.2 Å². The maximum atomic E-state index is 12.1. The van der Waals surface area contributed by atoms with Crippen LogP contribution in [0.25, 0.3) is 17.0 Å². The van der Waals surface area contributed by atoms with E-state index in [1.807, 2.05) is 6.08 Å². The molecule has 2 heterocycles. The van der Waals surface area contributed by atoms with Crippen molar-refractivity contribution in [1.29, 1.82) is 0 Å². The number of aromatic hydroxyl groups is 1. The number of rotatable bonds is 9. The minimum absolute atomic E-state index is 0.0378. The Morgan fingerprint density at radius 3 is 2.51 bits per heavy atom. The van der Waals surface area contributed by atoms with E-state index in [0.717, 1.165) is 38.0 Å². The van der Waals surface area contributed by atoms with Crippen molar-refractivity contribution in [2.24, 2.45) is 0 Å². The number of amides is 1. The van der Waals surface area contributed by atoms with Crippen LogP contribution in [-0.4, -0.2) is 61.3 Å². The van der Waals surface area contributed by atoms with Crippen molar-refractivity contribution in [3.8, 4) is 17.2 Å². The van der Waals surface area contributed by atoms with E-state index in [9.17, 15) is 9.90 Å². The average molecular weight is 476 g/mol. The normalized spacial score (nSPS) is 15.3. The molecule has 184 valence electrons. The second-order valence-corrected chi connectivity index (χ2v) is 8.71. The van der Waals surface area contributed by atoms with E-state index in [2.05, 4.69) is 45.5 Å². The fourth-order valence-electron chi connectivity index (χ4n) is 4.50. The molecule has 1 amide bonds. The standard InChI is InChI=1S/C28H33N3O4/c1-34-25-17-20(18-26(35-2)28(25)33)7-3-6-10-27(32)29-13-16-31-14-11-21(12-15-31)24-19-22-8-4-5-9-23(22)30-24/h3-10,17-19,21,30,33H,11-16H2,1-2H3,(H,29,32)/b7-3+,10-6+. The summed E-state index contributed by atoms with van der Waals surface area (Å²) in [6, 6.07) is 14.1. The first-order valence-corrected chi connectivity index (χ1v) is 11.9. The second kappa shape index (κ2) is 11.6. The summed E-state index contributed by atoms with van der Waals surface area (Å²) in [4.78, 5) is 18.1. The number of fused-ring (bicyclic) bond motifs is 1. The first-order chi connectivity index (χ1) is 17.1. The maximum Gasteiger partial charge on any atom is 0.244 e. The monoisotopic (exact) mass is 475 g/mol. The third-order valence-corrected chi connectivity index (χ3v) is 6.45. The number of benzene rings is 2. The molecular formula is C28H33N3O4. The molecule has 0 saturated carbocycles. The van der Waals surface area contributed by atoms with Gasteiger partial charge in [0.25, 0.3) is 0 Å². The van der Waals surface area contributed by atoms with Crippen LogP contribution in [0.5, 0.6) is 17.2 Å². The molecule has 1 aliphatic heterocycles. The predicted octanol–water partition coefficient (Wildman–Crippen LogP) is 4.46. The molecule has 0 spiro atoms. The van der Waals surface area contributed by atoms with Gasteiger partial charge in [0, 0.05) is 36.3 Å². The molecule has 7 heteroatoms. The van der Waals surface area contributed by atoms with Gasteiger partial charge in [-0.3, -0.25) is 4.79 Å². The van der Waals surface area contributed by atoms with E-state index in [1.54, 1.807) is 24.3 Å². The van der Waals surface area contributed by atoms with Gasteiger partial charge in [0.1, 0.15) is 0 Å². The number of phenols is 1. The molecule has 2 aromatic carbocycles. The van der Waals surface area contributed by atoms with Crippen molar-refractivity contribution in [3.05, 3.63) is 72.0 Å². The van der Waals surface area contributed by atoms with E-state index < -0.39 is 0 Å². The summed E-state index contributed by atoms with van der Waals surface area (Å²) in [6.45, 7) is 3.54. The van der Waals surface area contributed by atoms with E-state index in [1.165, 1.54) is 36.9 Å². The molecule has 35 heavy (non-hydrogen) atoms. The molecule has 3 aromatic rings. The van der Waals surface area contributed by atoms with E-state index in [0.29, 0.717) is 24.0 Å². The van der Waals surface area contributed by atoms with E-state index >= 15 is 0 Å². The smallest absolute Gasteiger partial charge is 0.244 e. The van der Waals surface area contributed by atoms with Gasteiger partial charge in [-0.1, -0.05) is 36.4 Å². The number of likely N-dealkylation sites (tertiary alicyclic amines) is 1. The van der Waals surface area contributed by atoms with Crippen LogP contribution in [0, 0.1) is 0 Å². The molecule has 1 aromatic heterocycles. The molecule has 3 N–H and O–H groups in total.